The molecule has 0 saturated heterocycles. The van der Waals surface area contributed by atoms with Crippen molar-refractivity contribution >= 4 is 23.7 Å². The molecule has 0 radical (unpaired) electrons. The molecule has 110 valence electrons. The van der Waals surface area contributed by atoms with Gasteiger partial charge in [-0.25, -0.2) is 4.39 Å². The quantitative estimate of drug-likeness (QED) is 0.855. The first-order valence-corrected chi connectivity index (χ1v) is 6.09. The first kappa shape index (κ1) is 16.7. The van der Waals surface area contributed by atoms with E-state index in [1.165, 1.54) is 17.4 Å². The monoisotopic (exact) mass is 327 g/mol. The van der Waals surface area contributed by atoms with Gasteiger partial charge in [0.15, 0.2) is 11.6 Å². The fourth-order valence-corrected chi connectivity index (χ4v) is 2.30. The van der Waals surface area contributed by atoms with Gasteiger partial charge in [-0.3, -0.25) is 0 Å². The minimum absolute atomic E-state index is 0. The Labute approximate surface area is 122 Å². The average molecular weight is 328 g/mol. The van der Waals surface area contributed by atoms with Crippen LogP contribution in [0.2, 0.25) is 0 Å². The van der Waals surface area contributed by atoms with E-state index in [-0.39, 0.29) is 12.4 Å². The third-order valence-corrected chi connectivity index (χ3v) is 3.35. The van der Waals surface area contributed by atoms with E-state index >= 15 is 0 Å². The van der Waals surface area contributed by atoms with Crippen LogP contribution in [0.1, 0.15) is 16.5 Å². The second kappa shape index (κ2) is 6.43. The van der Waals surface area contributed by atoms with Gasteiger partial charge >= 0.3 is 6.36 Å². The summed E-state index contributed by atoms with van der Waals surface area (Å²) < 4.78 is 53.0. The van der Waals surface area contributed by atoms with Crippen LogP contribution in [0.4, 0.5) is 17.6 Å². The highest BCUT2D eigenvalue weighted by Gasteiger charge is 2.32. The Kier molecular flexibility index (Phi) is 5.38. The van der Waals surface area contributed by atoms with Crippen LogP contribution in [0.5, 0.6) is 5.75 Å². The van der Waals surface area contributed by atoms with Crippen LogP contribution >= 0.6 is 23.7 Å². The van der Waals surface area contributed by atoms with Gasteiger partial charge in [0, 0.05) is 4.88 Å². The van der Waals surface area contributed by atoms with Crippen molar-refractivity contribution in [3.8, 4) is 5.75 Å². The number of ether oxygens (including phenoxy) is 1. The molecule has 0 aliphatic carbocycles. The number of rotatable bonds is 3. The first-order valence-electron chi connectivity index (χ1n) is 5.21. The molecule has 0 aliphatic rings. The molecule has 1 aromatic heterocycles. The van der Waals surface area contributed by atoms with Gasteiger partial charge in [0.2, 0.25) is 0 Å². The van der Waals surface area contributed by atoms with Crippen LogP contribution in [-0.2, 0) is 0 Å². The molecular formula is C12H10ClF4NOS. The van der Waals surface area contributed by atoms with Gasteiger partial charge in [-0.2, -0.15) is 0 Å². The van der Waals surface area contributed by atoms with Crippen molar-refractivity contribution in [2.45, 2.75) is 12.4 Å². The van der Waals surface area contributed by atoms with E-state index in [9.17, 15) is 17.6 Å². The zero-order chi connectivity index (χ0) is 14.0. The Morgan fingerprint density at radius 1 is 1.20 bits per heavy atom. The Hall–Kier alpha value is -1.31. The number of nitrogens with two attached hydrogens (primary N) is 1. The highest BCUT2D eigenvalue weighted by Crippen LogP contribution is 2.30. The fraction of sp³-hybridized carbons (Fsp3) is 0.167. The highest BCUT2D eigenvalue weighted by molar-refractivity contribution is 7.10. The Bertz CT molecular complexity index is 559. The predicted molar refractivity (Wildman–Crippen MR) is 70.7 cm³/mol. The number of benzene rings is 1. The lowest BCUT2D eigenvalue weighted by Crippen LogP contribution is -2.18. The van der Waals surface area contributed by atoms with Crippen LogP contribution in [-0.4, -0.2) is 6.36 Å². The molecule has 0 spiro atoms. The molecule has 1 aromatic carbocycles. The number of halogens is 5. The highest BCUT2D eigenvalue weighted by atomic mass is 35.5. The number of hydrogen-bond acceptors (Lipinski definition) is 3. The lowest BCUT2D eigenvalue weighted by molar-refractivity contribution is -0.275. The zero-order valence-corrected chi connectivity index (χ0v) is 11.5. The van der Waals surface area contributed by atoms with Crippen molar-refractivity contribution in [2.75, 3.05) is 0 Å². The van der Waals surface area contributed by atoms with Gasteiger partial charge in [-0.15, -0.1) is 36.9 Å². The van der Waals surface area contributed by atoms with Crippen LogP contribution in [0, 0.1) is 5.82 Å². The van der Waals surface area contributed by atoms with E-state index < -0.39 is 24.0 Å². The lowest BCUT2D eigenvalue weighted by Gasteiger charge is -2.13. The standard InChI is InChI=1S/C12H9F4NOS.ClH/c13-8-6-7(11(17)10-2-1-5-19-10)3-4-9(8)18-12(14,15)16;/h1-6,11H,17H2;1H/t11-;/m1./s1. The molecule has 2 N–H and O–H groups in total. The lowest BCUT2D eigenvalue weighted by atomic mass is 10.1. The summed E-state index contributed by atoms with van der Waals surface area (Å²) in [6.07, 6.45) is -4.92. The third-order valence-electron chi connectivity index (χ3n) is 2.39. The summed E-state index contributed by atoms with van der Waals surface area (Å²) in [5.74, 6) is -1.96. The third kappa shape index (κ3) is 4.09. The summed E-state index contributed by atoms with van der Waals surface area (Å²) in [5.41, 5.74) is 6.27. The maximum absolute atomic E-state index is 13.5. The molecule has 0 unspecified atom stereocenters. The van der Waals surface area contributed by atoms with Crippen molar-refractivity contribution in [1.82, 2.24) is 0 Å². The number of alkyl halides is 3. The van der Waals surface area contributed by atoms with Gasteiger partial charge in [-0.05, 0) is 29.1 Å². The molecule has 0 saturated carbocycles. The SMILES string of the molecule is Cl.N[C@H](c1ccc(OC(F)(F)F)c(F)c1)c1cccs1. The maximum Gasteiger partial charge on any atom is 0.573 e. The van der Waals surface area contributed by atoms with E-state index in [1.807, 2.05) is 5.38 Å². The summed E-state index contributed by atoms with van der Waals surface area (Å²) in [6.45, 7) is 0. The van der Waals surface area contributed by atoms with E-state index in [0.29, 0.717) is 5.56 Å². The molecule has 1 heterocycles. The molecule has 0 bridgehead atoms. The van der Waals surface area contributed by atoms with Crippen LogP contribution in [0.3, 0.4) is 0 Å². The molecular weight excluding hydrogens is 318 g/mol. The second-order valence-electron chi connectivity index (χ2n) is 3.73. The Morgan fingerprint density at radius 3 is 2.40 bits per heavy atom. The van der Waals surface area contributed by atoms with Gasteiger partial charge in [0.25, 0.3) is 0 Å². The number of hydrogen-bond donors (Lipinski definition) is 1. The molecule has 2 nitrogen and oxygen atoms in total. The van der Waals surface area contributed by atoms with Gasteiger partial charge < -0.3 is 10.5 Å². The van der Waals surface area contributed by atoms with E-state index in [4.69, 9.17) is 5.73 Å². The van der Waals surface area contributed by atoms with E-state index in [0.717, 1.165) is 17.0 Å². The topological polar surface area (TPSA) is 35.2 Å². The summed E-state index contributed by atoms with van der Waals surface area (Å²) in [5, 5.41) is 1.81. The van der Waals surface area contributed by atoms with Gasteiger partial charge in [0.05, 0.1) is 6.04 Å². The Morgan fingerprint density at radius 2 is 1.90 bits per heavy atom. The minimum Gasteiger partial charge on any atom is -0.403 e. The number of thiophene rings is 1. The molecule has 0 amide bonds. The largest absolute Gasteiger partial charge is 0.573 e. The molecule has 20 heavy (non-hydrogen) atoms. The van der Waals surface area contributed by atoms with Crippen molar-refractivity contribution in [3.05, 3.63) is 52.0 Å². The average Bonchev–Trinajstić information content (AvgIpc) is 2.82. The summed E-state index contributed by atoms with van der Waals surface area (Å²) in [4.78, 5) is 0.795. The van der Waals surface area contributed by atoms with E-state index in [1.54, 1.807) is 12.1 Å². The second-order valence-corrected chi connectivity index (χ2v) is 4.71. The molecule has 2 rings (SSSR count). The first-order chi connectivity index (χ1) is 8.87. The summed E-state index contributed by atoms with van der Waals surface area (Å²) >= 11 is 1.39. The fourth-order valence-electron chi connectivity index (χ4n) is 1.55. The van der Waals surface area contributed by atoms with Crippen LogP contribution < -0.4 is 10.5 Å². The molecule has 0 fully saturated rings. The normalized spacial score (nSPS) is 12.7. The Balaban J connectivity index is 0.00000200. The minimum atomic E-state index is -4.92. The van der Waals surface area contributed by atoms with Gasteiger partial charge in [-0.1, -0.05) is 12.1 Å². The summed E-state index contributed by atoms with van der Waals surface area (Å²) in [6, 6.07) is 6.17. The van der Waals surface area contributed by atoms with Crippen molar-refractivity contribution < 1.29 is 22.3 Å². The van der Waals surface area contributed by atoms with Crippen molar-refractivity contribution in [3.63, 3.8) is 0 Å². The molecule has 2 aromatic rings. The van der Waals surface area contributed by atoms with Crippen molar-refractivity contribution in [1.29, 1.82) is 0 Å². The van der Waals surface area contributed by atoms with Crippen LogP contribution in [0.15, 0.2) is 35.7 Å². The smallest absolute Gasteiger partial charge is 0.403 e. The van der Waals surface area contributed by atoms with Crippen LogP contribution in [0.25, 0.3) is 0 Å². The summed E-state index contributed by atoms with van der Waals surface area (Å²) in [7, 11) is 0. The maximum atomic E-state index is 13.5. The predicted octanol–water partition coefficient (Wildman–Crippen LogP) is 4.26. The zero-order valence-electron chi connectivity index (χ0n) is 9.86. The molecule has 1 atom stereocenters. The molecule has 8 heteroatoms. The van der Waals surface area contributed by atoms with Gasteiger partial charge in [0.1, 0.15) is 0 Å². The molecule has 0 aliphatic heterocycles. The van der Waals surface area contributed by atoms with Crippen molar-refractivity contribution in [2.24, 2.45) is 5.73 Å². The van der Waals surface area contributed by atoms with E-state index in [2.05, 4.69) is 4.74 Å².